The number of likely N-dealkylation sites (tertiary alicyclic amines) is 1. The molecule has 2 aliphatic rings. The van der Waals surface area contributed by atoms with Gasteiger partial charge in [-0.3, -0.25) is 19.7 Å². The Hall–Kier alpha value is -2.44. The van der Waals surface area contributed by atoms with Crippen molar-refractivity contribution in [3.63, 3.8) is 0 Å². The summed E-state index contributed by atoms with van der Waals surface area (Å²) in [5.41, 5.74) is 0.993. The number of nitro benzene ring substituents is 1. The minimum atomic E-state index is -0.430. The molecule has 1 heterocycles. The third kappa shape index (κ3) is 4.39. The van der Waals surface area contributed by atoms with Gasteiger partial charge in [-0.15, -0.1) is 0 Å². The summed E-state index contributed by atoms with van der Waals surface area (Å²) < 4.78 is 0. The number of carbonyl (C=O) groups is 2. The van der Waals surface area contributed by atoms with Gasteiger partial charge >= 0.3 is 0 Å². The molecule has 1 aromatic carbocycles. The zero-order valence-electron chi connectivity index (χ0n) is 14.9. The molecule has 0 aromatic heterocycles. The van der Waals surface area contributed by atoms with E-state index >= 15 is 0 Å². The monoisotopic (exact) mass is 359 g/mol. The Bertz CT molecular complexity index is 668. The van der Waals surface area contributed by atoms with Crippen molar-refractivity contribution in [2.75, 3.05) is 13.1 Å². The maximum absolute atomic E-state index is 12.4. The van der Waals surface area contributed by atoms with Crippen molar-refractivity contribution in [2.45, 2.75) is 51.0 Å². The number of hydrogen-bond donors (Lipinski definition) is 1. The van der Waals surface area contributed by atoms with Crippen molar-refractivity contribution in [3.05, 3.63) is 39.9 Å². The highest BCUT2D eigenvalue weighted by molar-refractivity contribution is 5.89. The zero-order chi connectivity index (χ0) is 18.5. The van der Waals surface area contributed by atoms with Crippen LogP contribution in [0.4, 0.5) is 5.69 Å². The van der Waals surface area contributed by atoms with Gasteiger partial charge in [0.25, 0.3) is 5.69 Å². The van der Waals surface area contributed by atoms with E-state index in [-0.39, 0.29) is 23.4 Å². The summed E-state index contributed by atoms with van der Waals surface area (Å²) in [5.74, 6) is -0.229. The molecule has 1 saturated heterocycles. The first kappa shape index (κ1) is 18.4. The van der Waals surface area contributed by atoms with Crippen molar-refractivity contribution in [3.8, 4) is 0 Å². The largest absolute Gasteiger partial charge is 0.355 e. The quantitative estimate of drug-likeness (QED) is 0.624. The van der Waals surface area contributed by atoms with E-state index in [1.807, 2.05) is 4.90 Å². The molecule has 0 radical (unpaired) electrons. The van der Waals surface area contributed by atoms with Gasteiger partial charge in [0.1, 0.15) is 0 Å². The van der Waals surface area contributed by atoms with Crippen LogP contribution in [-0.2, 0) is 16.0 Å². The molecule has 140 valence electrons. The van der Waals surface area contributed by atoms with Crippen LogP contribution in [0.2, 0.25) is 0 Å². The van der Waals surface area contributed by atoms with Gasteiger partial charge in [0, 0.05) is 37.7 Å². The number of nitro groups is 1. The highest BCUT2D eigenvalue weighted by Gasteiger charge is 2.37. The van der Waals surface area contributed by atoms with E-state index in [9.17, 15) is 19.7 Å². The summed E-state index contributed by atoms with van der Waals surface area (Å²) in [5, 5.41) is 13.5. The Morgan fingerprint density at radius 2 is 1.88 bits per heavy atom. The van der Waals surface area contributed by atoms with E-state index in [1.54, 1.807) is 12.1 Å². The van der Waals surface area contributed by atoms with Gasteiger partial charge in [0.15, 0.2) is 0 Å². The molecule has 1 unspecified atom stereocenters. The molecule has 2 fully saturated rings. The van der Waals surface area contributed by atoms with E-state index in [2.05, 4.69) is 5.32 Å². The second-order valence-electron chi connectivity index (χ2n) is 7.20. The molecule has 7 nitrogen and oxygen atoms in total. The first-order valence-corrected chi connectivity index (χ1v) is 9.35. The van der Waals surface area contributed by atoms with Crippen LogP contribution in [0.1, 0.15) is 44.1 Å². The Kier molecular flexibility index (Phi) is 5.85. The zero-order valence-corrected chi connectivity index (χ0v) is 14.9. The number of benzene rings is 1. The van der Waals surface area contributed by atoms with Crippen LogP contribution in [0.3, 0.4) is 0 Å². The van der Waals surface area contributed by atoms with Gasteiger partial charge < -0.3 is 10.2 Å². The Morgan fingerprint density at radius 1 is 1.19 bits per heavy atom. The molecule has 1 saturated carbocycles. The lowest BCUT2D eigenvalue weighted by molar-refractivity contribution is -0.384. The number of nitrogens with one attached hydrogen (secondary N) is 1. The second kappa shape index (κ2) is 8.29. The van der Waals surface area contributed by atoms with Crippen LogP contribution < -0.4 is 5.32 Å². The van der Waals surface area contributed by atoms with E-state index < -0.39 is 4.92 Å². The molecule has 1 N–H and O–H groups in total. The summed E-state index contributed by atoms with van der Waals surface area (Å²) in [6.45, 7) is 0.998. The Labute approximate surface area is 152 Å². The summed E-state index contributed by atoms with van der Waals surface area (Å²) in [6.07, 6.45) is 6.60. The fourth-order valence-corrected chi connectivity index (χ4v) is 3.91. The maximum atomic E-state index is 12.4. The molecular formula is C19H25N3O4. The molecule has 3 rings (SSSR count). The highest BCUT2D eigenvalue weighted by atomic mass is 16.6. The topological polar surface area (TPSA) is 92.5 Å². The Balaban J connectivity index is 1.45. The molecule has 26 heavy (non-hydrogen) atoms. The number of nitrogens with zero attached hydrogens (tertiary/aromatic N) is 2. The average molecular weight is 359 g/mol. The van der Waals surface area contributed by atoms with Crippen LogP contribution in [0.25, 0.3) is 0 Å². The third-order valence-corrected chi connectivity index (χ3v) is 5.40. The SMILES string of the molecule is O=C(NCCc1ccc([N+](=O)[O-])cc1)C1CC(=O)N(C2CCCCC2)C1. The van der Waals surface area contributed by atoms with Crippen molar-refractivity contribution >= 4 is 17.5 Å². The highest BCUT2D eigenvalue weighted by Crippen LogP contribution is 2.28. The lowest BCUT2D eigenvalue weighted by Crippen LogP contribution is -2.39. The minimum Gasteiger partial charge on any atom is -0.355 e. The van der Waals surface area contributed by atoms with Crippen LogP contribution in [-0.4, -0.2) is 40.8 Å². The van der Waals surface area contributed by atoms with Crippen molar-refractivity contribution < 1.29 is 14.5 Å². The lowest BCUT2D eigenvalue weighted by atomic mass is 9.94. The number of amides is 2. The average Bonchev–Trinajstić information content (AvgIpc) is 3.04. The molecule has 0 spiro atoms. The van der Waals surface area contributed by atoms with Crippen molar-refractivity contribution in [2.24, 2.45) is 5.92 Å². The lowest BCUT2D eigenvalue weighted by Gasteiger charge is -2.31. The van der Waals surface area contributed by atoms with Gasteiger partial charge in [0.05, 0.1) is 10.8 Å². The molecule has 2 amide bonds. The minimum absolute atomic E-state index is 0.0602. The molecule has 7 heteroatoms. The molecular weight excluding hydrogens is 334 g/mol. The second-order valence-corrected chi connectivity index (χ2v) is 7.20. The molecule has 1 atom stereocenters. The summed E-state index contributed by atoms with van der Waals surface area (Å²) in [7, 11) is 0. The molecule has 1 aliphatic carbocycles. The van der Waals surface area contributed by atoms with E-state index in [0.717, 1.165) is 18.4 Å². The van der Waals surface area contributed by atoms with Crippen LogP contribution in [0.5, 0.6) is 0 Å². The fourth-order valence-electron chi connectivity index (χ4n) is 3.91. The van der Waals surface area contributed by atoms with Crippen LogP contribution >= 0.6 is 0 Å². The first-order chi connectivity index (χ1) is 12.5. The smallest absolute Gasteiger partial charge is 0.269 e. The standard InChI is InChI=1S/C19H25N3O4/c23-18-12-15(13-21(18)16-4-2-1-3-5-16)19(24)20-11-10-14-6-8-17(9-7-14)22(25)26/h6-9,15-16H,1-5,10-13H2,(H,20,24). The predicted molar refractivity (Wildman–Crippen MR) is 96.5 cm³/mol. The molecule has 1 aromatic rings. The van der Waals surface area contributed by atoms with Gasteiger partial charge in [-0.05, 0) is 24.8 Å². The summed E-state index contributed by atoms with van der Waals surface area (Å²) in [4.78, 5) is 36.8. The summed E-state index contributed by atoms with van der Waals surface area (Å²) >= 11 is 0. The van der Waals surface area contributed by atoms with Gasteiger partial charge in [0.2, 0.25) is 11.8 Å². The normalized spacial score (nSPS) is 21.0. The van der Waals surface area contributed by atoms with E-state index in [0.29, 0.717) is 32.0 Å². The first-order valence-electron chi connectivity index (χ1n) is 9.35. The van der Waals surface area contributed by atoms with Gasteiger partial charge in [-0.25, -0.2) is 0 Å². The predicted octanol–water partition coefficient (Wildman–Crippen LogP) is 2.43. The molecule has 0 bridgehead atoms. The fraction of sp³-hybridized carbons (Fsp3) is 0.579. The van der Waals surface area contributed by atoms with Gasteiger partial charge in [-0.2, -0.15) is 0 Å². The molecule has 1 aliphatic heterocycles. The van der Waals surface area contributed by atoms with Gasteiger partial charge in [-0.1, -0.05) is 31.4 Å². The van der Waals surface area contributed by atoms with Crippen LogP contribution in [0, 0.1) is 16.0 Å². The van der Waals surface area contributed by atoms with Crippen molar-refractivity contribution in [1.29, 1.82) is 0 Å². The number of non-ortho nitro benzene ring substituents is 1. The Morgan fingerprint density at radius 3 is 2.54 bits per heavy atom. The summed E-state index contributed by atoms with van der Waals surface area (Å²) in [6, 6.07) is 6.65. The van der Waals surface area contributed by atoms with E-state index in [1.165, 1.54) is 31.4 Å². The number of rotatable bonds is 6. The van der Waals surface area contributed by atoms with Crippen molar-refractivity contribution in [1.82, 2.24) is 10.2 Å². The third-order valence-electron chi connectivity index (χ3n) is 5.40. The number of hydrogen-bond acceptors (Lipinski definition) is 4. The maximum Gasteiger partial charge on any atom is 0.269 e. The number of carbonyl (C=O) groups excluding carboxylic acids is 2. The van der Waals surface area contributed by atoms with Crippen LogP contribution in [0.15, 0.2) is 24.3 Å². The van der Waals surface area contributed by atoms with E-state index in [4.69, 9.17) is 0 Å².